The molecule has 0 aliphatic carbocycles. The number of aromatic nitrogens is 1. The van der Waals surface area contributed by atoms with E-state index < -0.39 is 5.91 Å². The molecular weight excluding hydrogens is 541 g/mol. The summed E-state index contributed by atoms with van der Waals surface area (Å²) < 4.78 is 12.4. The van der Waals surface area contributed by atoms with Gasteiger partial charge in [-0.1, -0.05) is 46.9 Å². The average Bonchev–Trinajstić information content (AvgIpc) is 3.28. The summed E-state index contributed by atoms with van der Waals surface area (Å²) >= 11 is 19.8. The predicted molar refractivity (Wildman–Crippen MR) is 146 cm³/mol. The van der Waals surface area contributed by atoms with Crippen LogP contribution in [-0.4, -0.2) is 24.1 Å². The van der Waals surface area contributed by atoms with E-state index in [0.717, 1.165) is 10.2 Å². The van der Waals surface area contributed by atoms with Crippen LogP contribution in [0.5, 0.6) is 11.5 Å². The first-order valence-corrected chi connectivity index (χ1v) is 12.6. The summed E-state index contributed by atoms with van der Waals surface area (Å²) in [5.41, 5.74) is 2.33. The highest BCUT2D eigenvalue weighted by Crippen LogP contribution is 2.38. The van der Waals surface area contributed by atoms with Gasteiger partial charge in [0.25, 0.3) is 5.91 Å². The number of para-hydroxylation sites is 1. The van der Waals surface area contributed by atoms with E-state index >= 15 is 0 Å². The molecule has 0 unspecified atom stereocenters. The van der Waals surface area contributed by atoms with Crippen molar-refractivity contribution in [2.24, 2.45) is 0 Å². The van der Waals surface area contributed by atoms with Crippen molar-refractivity contribution in [1.82, 2.24) is 4.98 Å². The monoisotopic (exact) mass is 557 g/mol. The minimum absolute atomic E-state index is 0.221. The van der Waals surface area contributed by atoms with Gasteiger partial charge in [0, 0.05) is 5.69 Å². The Morgan fingerprint density at radius 2 is 1.89 bits per heavy atom. The number of allylic oxidation sites excluding steroid dienone is 1. The third kappa shape index (κ3) is 6.10. The lowest BCUT2D eigenvalue weighted by Crippen LogP contribution is -2.20. The third-order valence-electron chi connectivity index (χ3n) is 4.84. The van der Waals surface area contributed by atoms with Crippen molar-refractivity contribution in [3.05, 3.63) is 80.2 Å². The average molecular weight is 559 g/mol. The largest absolute Gasteiger partial charge is 0.490 e. The number of benzene rings is 3. The molecule has 182 valence electrons. The highest BCUT2D eigenvalue weighted by atomic mass is 35.5. The quantitative estimate of drug-likeness (QED) is 0.224. The number of halogens is 3. The molecule has 0 radical (unpaired) electrons. The Hall–Kier alpha value is -3.28. The molecule has 0 fully saturated rings. The Labute approximate surface area is 226 Å². The number of hydrogen-bond acceptors (Lipinski definition) is 6. The summed E-state index contributed by atoms with van der Waals surface area (Å²) in [5, 5.41) is 14.0. The summed E-state index contributed by atoms with van der Waals surface area (Å²) in [6.07, 6.45) is 1.69. The van der Waals surface area contributed by atoms with Crippen molar-refractivity contribution >= 4 is 79.6 Å². The second kappa shape index (κ2) is 11.6. The highest BCUT2D eigenvalue weighted by molar-refractivity contribution is 7.19. The summed E-state index contributed by atoms with van der Waals surface area (Å²) in [5.74, 6) is 0.150. The normalized spacial score (nSPS) is 11.2. The SMILES string of the molecule is CCOc1cc(/C=C(\C#N)c2nc3ccccc3s2)cc(Cl)c1OCC(=O)Nc1ccc(Cl)c(Cl)c1. The van der Waals surface area contributed by atoms with Gasteiger partial charge in [0.1, 0.15) is 11.1 Å². The summed E-state index contributed by atoms with van der Waals surface area (Å²) in [4.78, 5) is 16.9. The molecular formula is C26H18Cl3N3O3S. The number of hydrogen-bond donors (Lipinski definition) is 1. The molecule has 0 saturated heterocycles. The molecule has 1 aromatic heterocycles. The molecule has 36 heavy (non-hydrogen) atoms. The van der Waals surface area contributed by atoms with Crippen LogP contribution in [0.3, 0.4) is 0 Å². The van der Waals surface area contributed by atoms with Crippen molar-refractivity contribution in [1.29, 1.82) is 5.26 Å². The van der Waals surface area contributed by atoms with Crippen LogP contribution in [0.25, 0.3) is 21.9 Å². The van der Waals surface area contributed by atoms with E-state index in [0.29, 0.717) is 44.2 Å². The van der Waals surface area contributed by atoms with E-state index in [1.165, 1.54) is 11.3 Å². The minimum atomic E-state index is -0.418. The van der Waals surface area contributed by atoms with Crippen molar-refractivity contribution in [2.75, 3.05) is 18.5 Å². The van der Waals surface area contributed by atoms with E-state index in [1.54, 1.807) is 36.4 Å². The fraction of sp³-hybridized carbons (Fsp3) is 0.115. The van der Waals surface area contributed by atoms with Crippen LogP contribution in [-0.2, 0) is 4.79 Å². The Morgan fingerprint density at radius 1 is 1.08 bits per heavy atom. The second-order valence-electron chi connectivity index (χ2n) is 7.39. The Bertz CT molecular complexity index is 1480. The smallest absolute Gasteiger partial charge is 0.262 e. The molecule has 0 saturated carbocycles. The van der Waals surface area contributed by atoms with Crippen LogP contribution in [0.2, 0.25) is 15.1 Å². The Morgan fingerprint density at radius 3 is 2.61 bits per heavy atom. The molecule has 4 aromatic rings. The van der Waals surface area contributed by atoms with Crippen LogP contribution in [0.4, 0.5) is 5.69 Å². The number of anilines is 1. The molecule has 0 atom stereocenters. The number of carbonyl (C=O) groups excluding carboxylic acids is 1. The molecule has 0 bridgehead atoms. The summed E-state index contributed by atoms with van der Waals surface area (Å²) in [6, 6.07) is 18.0. The molecule has 1 N–H and O–H groups in total. The Balaban J connectivity index is 1.55. The van der Waals surface area contributed by atoms with Gasteiger partial charge >= 0.3 is 0 Å². The maximum absolute atomic E-state index is 12.4. The van der Waals surface area contributed by atoms with Crippen LogP contribution in [0.1, 0.15) is 17.5 Å². The van der Waals surface area contributed by atoms with Crippen LogP contribution in [0.15, 0.2) is 54.6 Å². The van der Waals surface area contributed by atoms with Gasteiger partial charge < -0.3 is 14.8 Å². The molecule has 0 spiro atoms. The van der Waals surface area contributed by atoms with Gasteiger partial charge in [0.2, 0.25) is 0 Å². The van der Waals surface area contributed by atoms with Gasteiger partial charge in [-0.15, -0.1) is 11.3 Å². The fourth-order valence-corrected chi connectivity index (χ4v) is 4.78. The number of thiazole rings is 1. The van der Waals surface area contributed by atoms with E-state index in [9.17, 15) is 10.1 Å². The maximum atomic E-state index is 12.4. The molecule has 0 aliphatic rings. The summed E-state index contributed by atoms with van der Waals surface area (Å²) in [6.45, 7) is 1.85. The van der Waals surface area contributed by atoms with Gasteiger partial charge in [-0.25, -0.2) is 4.98 Å². The van der Waals surface area contributed by atoms with Crippen molar-refractivity contribution in [2.45, 2.75) is 6.92 Å². The topological polar surface area (TPSA) is 84.2 Å². The lowest BCUT2D eigenvalue weighted by atomic mass is 10.1. The molecule has 1 amide bonds. The van der Waals surface area contributed by atoms with Crippen molar-refractivity contribution in [3.8, 4) is 17.6 Å². The highest BCUT2D eigenvalue weighted by Gasteiger charge is 2.16. The van der Waals surface area contributed by atoms with Crippen molar-refractivity contribution in [3.63, 3.8) is 0 Å². The number of carbonyl (C=O) groups is 1. The number of ether oxygens (including phenoxy) is 2. The van der Waals surface area contributed by atoms with E-state index in [2.05, 4.69) is 16.4 Å². The number of nitrogens with one attached hydrogen (secondary N) is 1. The standard InChI is InChI=1S/C26H18Cl3N3O3S/c1-2-34-22-11-15(9-16(13-30)26-32-21-5-3-4-6-23(21)36-26)10-20(29)25(22)35-14-24(33)31-17-7-8-18(27)19(28)12-17/h3-12H,2,14H2,1H3,(H,31,33)/b16-9+. The van der Waals surface area contributed by atoms with Gasteiger partial charge in [-0.2, -0.15) is 5.26 Å². The lowest BCUT2D eigenvalue weighted by molar-refractivity contribution is -0.118. The first-order valence-electron chi connectivity index (χ1n) is 10.7. The molecule has 0 aliphatic heterocycles. The number of rotatable bonds is 8. The van der Waals surface area contributed by atoms with Crippen LogP contribution in [0, 0.1) is 11.3 Å². The second-order valence-corrected chi connectivity index (χ2v) is 9.64. The number of nitrogens with zero attached hydrogens (tertiary/aromatic N) is 2. The van der Waals surface area contributed by atoms with Gasteiger partial charge in [-0.3, -0.25) is 4.79 Å². The van der Waals surface area contributed by atoms with E-state index in [1.807, 2.05) is 31.2 Å². The predicted octanol–water partition coefficient (Wildman–Crippen LogP) is 7.74. The molecule has 10 heteroatoms. The first-order chi connectivity index (χ1) is 17.4. The van der Waals surface area contributed by atoms with Crippen LogP contribution < -0.4 is 14.8 Å². The Kier molecular flexibility index (Phi) is 8.34. The molecule has 4 rings (SSSR count). The lowest BCUT2D eigenvalue weighted by Gasteiger charge is -2.14. The van der Waals surface area contributed by atoms with E-state index in [-0.39, 0.29) is 17.4 Å². The first kappa shape index (κ1) is 25.8. The van der Waals surface area contributed by atoms with Crippen molar-refractivity contribution < 1.29 is 14.3 Å². The fourth-order valence-electron chi connectivity index (χ4n) is 3.28. The number of nitriles is 1. The number of amides is 1. The van der Waals surface area contributed by atoms with Gasteiger partial charge in [0.15, 0.2) is 18.1 Å². The molecule has 6 nitrogen and oxygen atoms in total. The van der Waals surface area contributed by atoms with Gasteiger partial charge in [0.05, 0.1) is 37.5 Å². The zero-order valence-corrected chi connectivity index (χ0v) is 21.9. The molecule has 1 heterocycles. The van der Waals surface area contributed by atoms with Crippen LogP contribution >= 0.6 is 46.1 Å². The minimum Gasteiger partial charge on any atom is -0.490 e. The zero-order valence-electron chi connectivity index (χ0n) is 18.8. The van der Waals surface area contributed by atoms with E-state index in [4.69, 9.17) is 44.3 Å². The number of fused-ring (bicyclic) bond motifs is 1. The molecule has 3 aromatic carbocycles. The van der Waals surface area contributed by atoms with Gasteiger partial charge in [-0.05, 0) is 61.0 Å². The summed E-state index contributed by atoms with van der Waals surface area (Å²) in [7, 11) is 0. The zero-order chi connectivity index (χ0) is 25.7. The maximum Gasteiger partial charge on any atom is 0.262 e. The third-order valence-corrected chi connectivity index (χ3v) is 6.93.